The Kier molecular flexibility index (Phi) is 5.41. The SMILES string of the molecule is COc1ccc(C(O)=C2C(=O)C(=O)N(c3cc(C)on3)[C@H]2c2cccc(Br)c2)cc1C. The molecule has 1 atom stereocenters. The summed E-state index contributed by atoms with van der Waals surface area (Å²) in [5.41, 5.74) is 1.81. The molecule has 3 aromatic rings. The summed E-state index contributed by atoms with van der Waals surface area (Å²) in [6.45, 7) is 3.53. The number of methoxy groups -OCH3 is 1. The van der Waals surface area contributed by atoms with Crippen LogP contribution in [0.4, 0.5) is 5.82 Å². The molecule has 1 aliphatic heterocycles. The smallest absolute Gasteiger partial charge is 0.301 e. The summed E-state index contributed by atoms with van der Waals surface area (Å²) in [5.74, 6) is -0.498. The number of ketones is 1. The molecule has 1 aromatic heterocycles. The van der Waals surface area contributed by atoms with Crippen LogP contribution in [0.3, 0.4) is 0 Å². The average molecular weight is 483 g/mol. The number of halogens is 1. The number of nitrogens with zero attached hydrogens (tertiary/aromatic N) is 2. The molecule has 1 N–H and O–H groups in total. The van der Waals surface area contributed by atoms with Crippen LogP contribution < -0.4 is 9.64 Å². The summed E-state index contributed by atoms with van der Waals surface area (Å²) in [7, 11) is 1.56. The molecule has 2 aromatic carbocycles. The number of aliphatic hydroxyl groups excluding tert-OH is 1. The highest BCUT2D eigenvalue weighted by atomic mass is 79.9. The highest BCUT2D eigenvalue weighted by molar-refractivity contribution is 9.10. The van der Waals surface area contributed by atoms with Crippen molar-refractivity contribution in [2.75, 3.05) is 12.0 Å². The van der Waals surface area contributed by atoms with Crippen LogP contribution in [0.25, 0.3) is 5.76 Å². The number of Topliss-reactive ketones (excluding diaryl/α,β-unsaturated/α-hetero) is 1. The first-order valence-corrected chi connectivity index (χ1v) is 10.3. The molecule has 1 saturated heterocycles. The average Bonchev–Trinajstić information content (AvgIpc) is 3.28. The van der Waals surface area contributed by atoms with Gasteiger partial charge in [0.25, 0.3) is 5.78 Å². The van der Waals surface area contributed by atoms with Gasteiger partial charge in [0.1, 0.15) is 17.3 Å². The third kappa shape index (κ3) is 3.63. The van der Waals surface area contributed by atoms with Gasteiger partial charge in [0.05, 0.1) is 18.7 Å². The number of carbonyl (C=O) groups excluding carboxylic acids is 2. The molecule has 1 amide bonds. The Morgan fingerprint density at radius 3 is 2.55 bits per heavy atom. The zero-order valence-electron chi connectivity index (χ0n) is 17.0. The highest BCUT2D eigenvalue weighted by Gasteiger charge is 2.48. The van der Waals surface area contributed by atoms with Gasteiger partial charge >= 0.3 is 5.91 Å². The summed E-state index contributed by atoms with van der Waals surface area (Å²) in [4.78, 5) is 27.4. The number of carbonyl (C=O) groups is 2. The van der Waals surface area contributed by atoms with Crippen LogP contribution >= 0.6 is 15.9 Å². The molecule has 158 valence electrons. The number of amides is 1. The van der Waals surface area contributed by atoms with Gasteiger partial charge in [0.2, 0.25) is 0 Å². The summed E-state index contributed by atoms with van der Waals surface area (Å²) in [6, 6.07) is 13.0. The minimum absolute atomic E-state index is 0.0201. The van der Waals surface area contributed by atoms with E-state index in [1.54, 1.807) is 56.5 Å². The fourth-order valence-electron chi connectivity index (χ4n) is 3.71. The van der Waals surface area contributed by atoms with E-state index in [1.165, 1.54) is 4.90 Å². The maximum Gasteiger partial charge on any atom is 0.301 e. The Balaban J connectivity index is 1.94. The number of anilines is 1. The molecule has 0 spiro atoms. The largest absolute Gasteiger partial charge is 0.507 e. The van der Waals surface area contributed by atoms with Crippen molar-refractivity contribution in [1.82, 2.24) is 5.16 Å². The lowest BCUT2D eigenvalue weighted by molar-refractivity contribution is -0.132. The minimum Gasteiger partial charge on any atom is -0.507 e. The Morgan fingerprint density at radius 2 is 1.94 bits per heavy atom. The molecule has 1 fully saturated rings. The number of aromatic nitrogens is 1. The van der Waals surface area contributed by atoms with Crippen LogP contribution in [0.15, 0.2) is 63.1 Å². The second-order valence-electron chi connectivity index (χ2n) is 7.20. The number of aliphatic hydroxyl groups is 1. The van der Waals surface area contributed by atoms with Gasteiger partial charge in [-0.15, -0.1) is 0 Å². The fraction of sp³-hybridized carbons (Fsp3) is 0.174. The molecular weight excluding hydrogens is 464 g/mol. The number of ether oxygens (including phenoxy) is 1. The molecule has 0 saturated carbocycles. The van der Waals surface area contributed by atoms with E-state index in [1.807, 2.05) is 13.0 Å². The van der Waals surface area contributed by atoms with Gasteiger partial charge in [-0.25, -0.2) is 0 Å². The van der Waals surface area contributed by atoms with Crippen molar-refractivity contribution in [3.63, 3.8) is 0 Å². The molecule has 0 unspecified atom stereocenters. The van der Waals surface area contributed by atoms with E-state index in [9.17, 15) is 14.7 Å². The lowest BCUT2D eigenvalue weighted by Crippen LogP contribution is -2.29. The molecule has 0 bridgehead atoms. The summed E-state index contributed by atoms with van der Waals surface area (Å²) in [6.07, 6.45) is 0. The van der Waals surface area contributed by atoms with Gasteiger partial charge < -0.3 is 14.4 Å². The maximum atomic E-state index is 13.1. The van der Waals surface area contributed by atoms with E-state index >= 15 is 0 Å². The van der Waals surface area contributed by atoms with E-state index in [0.717, 1.165) is 10.0 Å². The zero-order chi connectivity index (χ0) is 22.3. The summed E-state index contributed by atoms with van der Waals surface area (Å²) in [5, 5.41) is 15.1. The molecule has 2 heterocycles. The number of rotatable bonds is 4. The monoisotopic (exact) mass is 482 g/mol. The molecule has 1 aliphatic rings. The highest BCUT2D eigenvalue weighted by Crippen LogP contribution is 2.42. The van der Waals surface area contributed by atoms with E-state index in [0.29, 0.717) is 22.6 Å². The Labute approximate surface area is 187 Å². The van der Waals surface area contributed by atoms with Crippen molar-refractivity contribution in [2.45, 2.75) is 19.9 Å². The normalized spacial score (nSPS) is 17.9. The first-order valence-electron chi connectivity index (χ1n) is 9.46. The molecule has 7 nitrogen and oxygen atoms in total. The van der Waals surface area contributed by atoms with Gasteiger partial charge in [0, 0.05) is 16.1 Å². The fourth-order valence-corrected chi connectivity index (χ4v) is 4.13. The third-order valence-electron chi connectivity index (χ3n) is 5.14. The molecule has 0 aliphatic carbocycles. The van der Waals surface area contributed by atoms with Crippen molar-refractivity contribution in [1.29, 1.82) is 0 Å². The standard InChI is InChI=1S/C23H19BrN2O5/c1-12-9-15(7-8-17(12)30-3)21(27)19-20(14-5-4-6-16(24)11-14)26(23(29)22(19)28)18-10-13(2)31-25-18/h4-11,20,27H,1-3H3/t20-/m0/s1. The van der Waals surface area contributed by atoms with Gasteiger partial charge in [-0.1, -0.05) is 33.2 Å². The Hall–Kier alpha value is -3.39. The molecule has 4 rings (SSSR count). The zero-order valence-corrected chi connectivity index (χ0v) is 18.6. The second-order valence-corrected chi connectivity index (χ2v) is 8.12. The summed E-state index contributed by atoms with van der Waals surface area (Å²) >= 11 is 3.43. The van der Waals surface area contributed by atoms with Crippen molar-refractivity contribution < 1.29 is 24.0 Å². The van der Waals surface area contributed by atoms with Gasteiger partial charge in [-0.2, -0.15) is 0 Å². The van der Waals surface area contributed by atoms with E-state index < -0.39 is 17.7 Å². The van der Waals surface area contributed by atoms with Gasteiger partial charge in [-0.05, 0) is 55.3 Å². The lowest BCUT2D eigenvalue weighted by Gasteiger charge is -2.23. The topological polar surface area (TPSA) is 92.9 Å². The molecule has 31 heavy (non-hydrogen) atoms. The third-order valence-corrected chi connectivity index (χ3v) is 5.63. The van der Waals surface area contributed by atoms with Crippen LogP contribution in [0.5, 0.6) is 5.75 Å². The number of aryl methyl sites for hydroxylation is 2. The van der Waals surface area contributed by atoms with Crippen LogP contribution in [0.1, 0.15) is 28.5 Å². The number of benzene rings is 2. The maximum absolute atomic E-state index is 13.1. The molecular formula is C23H19BrN2O5. The quantitative estimate of drug-likeness (QED) is 0.329. The van der Waals surface area contributed by atoms with Crippen molar-refractivity contribution in [3.8, 4) is 5.75 Å². The predicted octanol–water partition coefficient (Wildman–Crippen LogP) is 4.69. The number of hydrogen-bond donors (Lipinski definition) is 1. The molecule has 8 heteroatoms. The van der Waals surface area contributed by atoms with Crippen LogP contribution in [-0.2, 0) is 9.59 Å². The van der Waals surface area contributed by atoms with Gasteiger partial charge in [0.15, 0.2) is 5.82 Å². The van der Waals surface area contributed by atoms with Gasteiger partial charge in [-0.3, -0.25) is 14.5 Å². The van der Waals surface area contributed by atoms with E-state index in [4.69, 9.17) is 9.26 Å². The lowest BCUT2D eigenvalue weighted by atomic mass is 9.95. The van der Waals surface area contributed by atoms with Crippen LogP contribution in [-0.4, -0.2) is 29.1 Å². The van der Waals surface area contributed by atoms with E-state index in [-0.39, 0.29) is 17.2 Å². The van der Waals surface area contributed by atoms with Crippen LogP contribution in [0, 0.1) is 13.8 Å². The summed E-state index contributed by atoms with van der Waals surface area (Å²) < 4.78 is 11.2. The molecule has 0 radical (unpaired) electrons. The first-order chi connectivity index (χ1) is 14.8. The van der Waals surface area contributed by atoms with Crippen LogP contribution in [0.2, 0.25) is 0 Å². The first kappa shape index (κ1) is 20.9. The van der Waals surface area contributed by atoms with Crippen molar-refractivity contribution in [2.24, 2.45) is 0 Å². The van der Waals surface area contributed by atoms with Crippen molar-refractivity contribution in [3.05, 3.63) is 81.0 Å². The predicted molar refractivity (Wildman–Crippen MR) is 118 cm³/mol. The van der Waals surface area contributed by atoms with Crippen molar-refractivity contribution >= 4 is 39.2 Å². The number of hydrogen-bond acceptors (Lipinski definition) is 6. The Morgan fingerprint density at radius 1 is 1.16 bits per heavy atom. The second kappa shape index (κ2) is 8.03. The Bertz CT molecular complexity index is 1230. The minimum atomic E-state index is -0.871. The van der Waals surface area contributed by atoms with E-state index in [2.05, 4.69) is 21.1 Å².